The number of fused-ring (bicyclic) bond motifs is 1. The number of rotatable bonds is 10. The fourth-order valence-electron chi connectivity index (χ4n) is 3.71. The molecule has 3 aromatic rings. The summed E-state index contributed by atoms with van der Waals surface area (Å²) in [6.45, 7) is 5.96. The third-order valence-electron chi connectivity index (χ3n) is 5.32. The smallest absolute Gasteiger partial charge is 0.359 e. The van der Waals surface area contributed by atoms with E-state index in [1.54, 1.807) is 43.7 Å². The molecule has 9 heteroatoms. The van der Waals surface area contributed by atoms with Crippen LogP contribution in [0.25, 0.3) is 16.5 Å². The minimum absolute atomic E-state index is 0.0256. The molecule has 0 unspecified atom stereocenters. The molecule has 0 aliphatic carbocycles. The Balaban J connectivity index is 2.15. The van der Waals surface area contributed by atoms with Crippen molar-refractivity contribution in [3.05, 3.63) is 45.7 Å². The lowest BCUT2D eigenvalue weighted by Gasteiger charge is -2.15. The Morgan fingerprint density at radius 1 is 1.12 bits per heavy atom. The van der Waals surface area contributed by atoms with E-state index < -0.39 is 11.5 Å². The molecule has 0 saturated heterocycles. The van der Waals surface area contributed by atoms with Gasteiger partial charge in [0.2, 0.25) is 5.91 Å². The van der Waals surface area contributed by atoms with Crippen LogP contribution in [0.15, 0.2) is 34.4 Å². The molecule has 0 aliphatic rings. The standard InChI is InChI=1S/C24H29N3O5S/c1-5-8-15(9-6-2)21(28)25-22-19-18(14-33-22)20(24(30)32-7-3)26-27(23(19)29)16-10-12-17(31-4)13-11-16/h10-15H,5-9H2,1-4H3,(H,25,28). The molecule has 8 nitrogen and oxygen atoms in total. The SMILES string of the molecule is CCCC(CCC)C(=O)Nc1scc2c(C(=O)OCC)nn(-c3ccc(OC)cc3)c(=O)c12. The van der Waals surface area contributed by atoms with Crippen LogP contribution >= 0.6 is 11.3 Å². The van der Waals surface area contributed by atoms with Crippen molar-refractivity contribution in [3.8, 4) is 11.4 Å². The predicted molar refractivity (Wildman–Crippen MR) is 130 cm³/mol. The number of aromatic nitrogens is 2. The van der Waals surface area contributed by atoms with Gasteiger partial charge >= 0.3 is 5.97 Å². The van der Waals surface area contributed by atoms with Crippen LogP contribution in [0.2, 0.25) is 0 Å². The summed E-state index contributed by atoms with van der Waals surface area (Å²) in [5, 5.41) is 9.94. The summed E-state index contributed by atoms with van der Waals surface area (Å²) < 4.78 is 11.5. The van der Waals surface area contributed by atoms with Crippen molar-refractivity contribution in [1.82, 2.24) is 9.78 Å². The van der Waals surface area contributed by atoms with Crippen LogP contribution in [-0.4, -0.2) is 35.4 Å². The van der Waals surface area contributed by atoms with E-state index in [2.05, 4.69) is 10.4 Å². The van der Waals surface area contributed by atoms with Gasteiger partial charge in [0.15, 0.2) is 5.69 Å². The second kappa shape index (κ2) is 11.1. The average molecular weight is 472 g/mol. The zero-order valence-corrected chi connectivity index (χ0v) is 20.2. The van der Waals surface area contributed by atoms with Crippen LogP contribution in [-0.2, 0) is 9.53 Å². The van der Waals surface area contributed by atoms with E-state index in [4.69, 9.17) is 9.47 Å². The molecule has 0 fully saturated rings. The van der Waals surface area contributed by atoms with Crippen molar-refractivity contribution < 1.29 is 19.1 Å². The van der Waals surface area contributed by atoms with Gasteiger partial charge < -0.3 is 14.8 Å². The van der Waals surface area contributed by atoms with Gasteiger partial charge in [0.05, 0.1) is 24.8 Å². The van der Waals surface area contributed by atoms with E-state index in [1.807, 2.05) is 13.8 Å². The van der Waals surface area contributed by atoms with Gasteiger partial charge in [-0.25, -0.2) is 4.79 Å². The number of nitrogens with zero attached hydrogens (tertiary/aromatic N) is 2. The molecule has 2 aromatic heterocycles. The molecule has 1 aromatic carbocycles. The van der Waals surface area contributed by atoms with Crippen molar-refractivity contribution in [2.75, 3.05) is 19.0 Å². The molecule has 0 atom stereocenters. The lowest BCUT2D eigenvalue weighted by molar-refractivity contribution is -0.120. The number of amides is 1. The summed E-state index contributed by atoms with van der Waals surface area (Å²) >= 11 is 1.21. The summed E-state index contributed by atoms with van der Waals surface area (Å²) in [6.07, 6.45) is 3.33. The number of nitrogens with one attached hydrogen (secondary N) is 1. The molecular weight excluding hydrogens is 442 g/mol. The maximum absolute atomic E-state index is 13.5. The maximum Gasteiger partial charge on any atom is 0.359 e. The summed E-state index contributed by atoms with van der Waals surface area (Å²) in [5.41, 5.74) is 0.0616. The van der Waals surface area contributed by atoms with Gasteiger partial charge in [0, 0.05) is 16.7 Å². The first-order valence-corrected chi connectivity index (χ1v) is 12.0. The van der Waals surface area contributed by atoms with Gasteiger partial charge in [-0.1, -0.05) is 26.7 Å². The normalized spacial score (nSPS) is 11.1. The number of thiophene rings is 1. The fourth-order valence-corrected chi connectivity index (χ4v) is 4.65. The summed E-state index contributed by atoms with van der Waals surface area (Å²) in [4.78, 5) is 39.1. The molecular formula is C24H29N3O5S. The molecule has 0 aliphatic heterocycles. The Morgan fingerprint density at radius 3 is 2.36 bits per heavy atom. The molecule has 0 bridgehead atoms. The van der Waals surface area contributed by atoms with Gasteiger partial charge in [-0.05, 0) is 44.0 Å². The Bertz CT molecular complexity index is 1180. The van der Waals surface area contributed by atoms with E-state index >= 15 is 0 Å². The van der Waals surface area contributed by atoms with Gasteiger partial charge in [-0.3, -0.25) is 9.59 Å². The minimum atomic E-state index is -0.629. The van der Waals surface area contributed by atoms with Gasteiger partial charge in [0.25, 0.3) is 5.56 Å². The number of benzene rings is 1. The van der Waals surface area contributed by atoms with Crippen LogP contribution in [0.1, 0.15) is 56.9 Å². The molecule has 1 N–H and O–H groups in total. The first-order valence-electron chi connectivity index (χ1n) is 11.1. The lowest BCUT2D eigenvalue weighted by Crippen LogP contribution is -2.26. The van der Waals surface area contributed by atoms with E-state index in [1.165, 1.54) is 11.3 Å². The number of methoxy groups -OCH3 is 1. The van der Waals surface area contributed by atoms with Crippen molar-refractivity contribution in [1.29, 1.82) is 0 Å². The molecule has 176 valence electrons. The monoisotopic (exact) mass is 471 g/mol. The van der Waals surface area contributed by atoms with Crippen LogP contribution < -0.4 is 15.6 Å². The van der Waals surface area contributed by atoms with E-state index in [9.17, 15) is 14.4 Å². The number of carbonyl (C=O) groups is 2. The van der Waals surface area contributed by atoms with Crippen LogP contribution in [0.4, 0.5) is 5.00 Å². The van der Waals surface area contributed by atoms with Gasteiger partial charge in [-0.15, -0.1) is 11.3 Å². The fraction of sp³-hybridized carbons (Fsp3) is 0.417. The number of anilines is 1. The molecule has 2 heterocycles. The van der Waals surface area contributed by atoms with Crippen LogP contribution in [0.5, 0.6) is 5.75 Å². The van der Waals surface area contributed by atoms with E-state index in [-0.39, 0.29) is 29.5 Å². The topological polar surface area (TPSA) is 99.5 Å². The Morgan fingerprint density at radius 2 is 1.79 bits per heavy atom. The minimum Gasteiger partial charge on any atom is -0.497 e. The van der Waals surface area contributed by atoms with Crippen LogP contribution in [0, 0.1) is 5.92 Å². The van der Waals surface area contributed by atoms with E-state index in [0.29, 0.717) is 21.8 Å². The summed E-state index contributed by atoms with van der Waals surface area (Å²) in [7, 11) is 1.55. The quantitative estimate of drug-likeness (QED) is 0.427. The number of hydrogen-bond donors (Lipinski definition) is 1. The number of esters is 1. The Hall–Kier alpha value is -3.20. The van der Waals surface area contributed by atoms with Gasteiger partial charge in [-0.2, -0.15) is 9.78 Å². The zero-order chi connectivity index (χ0) is 24.0. The second-order valence-electron chi connectivity index (χ2n) is 7.60. The number of carbonyl (C=O) groups excluding carboxylic acids is 2. The van der Waals surface area contributed by atoms with Crippen molar-refractivity contribution in [2.24, 2.45) is 5.92 Å². The first-order chi connectivity index (χ1) is 15.9. The third-order valence-corrected chi connectivity index (χ3v) is 6.22. The highest BCUT2D eigenvalue weighted by Crippen LogP contribution is 2.31. The predicted octanol–water partition coefficient (Wildman–Crippen LogP) is 4.79. The summed E-state index contributed by atoms with van der Waals surface area (Å²) in [5.74, 6) is -0.255. The van der Waals surface area contributed by atoms with Gasteiger partial charge in [0.1, 0.15) is 10.8 Å². The van der Waals surface area contributed by atoms with E-state index in [0.717, 1.165) is 30.4 Å². The third kappa shape index (κ3) is 5.24. The highest BCUT2D eigenvalue weighted by molar-refractivity contribution is 7.16. The zero-order valence-electron chi connectivity index (χ0n) is 19.3. The first kappa shape index (κ1) is 24.4. The highest BCUT2D eigenvalue weighted by Gasteiger charge is 2.24. The van der Waals surface area contributed by atoms with Crippen molar-refractivity contribution in [3.63, 3.8) is 0 Å². The van der Waals surface area contributed by atoms with Crippen LogP contribution in [0.3, 0.4) is 0 Å². The second-order valence-corrected chi connectivity index (χ2v) is 8.48. The molecule has 0 radical (unpaired) electrons. The average Bonchev–Trinajstić information content (AvgIpc) is 3.23. The van der Waals surface area contributed by atoms with Crippen molar-refractivity contribution in [2.45, 2.75) is 46.5 Å². The largest absolute Gasteiger partial charge is 0.497 e. The molecule has 33 heavy (non-hydrogen) atoms. The highest BCUT2D eigenvalue weighted by atomic mass is 32.1. The Labute approximate surface area is 196 Å². The lowest BCUT2D eigenvalue weighted by atomic mass is 9.97. The van der Waals surface area contributed by atoms with Crippen molar-refractivity contribution >= 4 is 39.0 Å². The molecule has 1 amide bonds. The number of ether oxygens (including phenoxy) is 2. The summed E-state index contributed by atoms with van der Waals surface area (Å²) in [6, 6.07) is 6.76. The maximum atomic E-state index is 13.5. The number of hydrogen-bond acceptors (Lipinski definition) is 7. The molecule has 0 spiro atoms. The molecule has 3 rings (SSSR count). The Kier molecular flexibility index (Phi) is 8.21. The molecule has 0 saturated carbocycles.